The number of nitriles is 1. The summed E-state index contributed by atoms with van der Waals surface area (Å²) in [4.78, 5) is 24.7. The van der Waals surface area contributed by atoms with Gasteiger partial charge in [0.1, 0.15) is 17.7 Å². The lowest BCUT2D eigenvalue weighted by Gasteiger charge is -2.29. The summed E-state index contributed by atoms with van der Waals surface area (Å²) in [6.07, 6.45) is 3.25. The number of pyridine rings is 1. The molecular weight excluding hydrogens is 438 g/mol. The number of aromatic nitrogens is 3. The Bertz CT molecular complexity index is 1230. The second-order valence-corrected chi connectivity index (χ2v) is 7.73. The topological polar surface area (TPSA) is 91.6 Å². The largest absolute Gasteiger partial charge is 0.320 e. The highest BCUT2D eigenvalue weighted by atomic mass is 19.3. The molecule has 2 heterocycles. The van der Waals surface area contributed by atoms with Crippen molar-refractivity contribution in [3.8, 4) is 17.2 Å². The van der Waals surface area contributed by atoms with Gasteiger partial charge < -0.3 is 5.32 Å². The number of hydrogen-bond acceptors (Lipinski definition) is 5. The molecule has 3 aromatic rings. The average molecular weight is 455 g/mol. The third-order valence-electron chi connectivity index (χ3n) is 5.56. The number of amides is 1. The number of benzene rings is 1. The number of alkyl halides is 2. The molecule has 6 nitrogen and oxygen atoms in total. The van der Waals surface area contributed by atoms with E-state index in [9.17, 15) is 22.4 Å². The maximum atomic E-state index is 14.6. The van der Waals surface area contributed by atoms with Crippen LogP contribution in [0, 0.1) is 23.0 Å². The average Bonchev–Trinajstić information content (AvgIpc) is 2.81. The van der Waals surface area contributed by atoms with Crippen molar-refractivity contribution in [2.45, 2.75) is 37.5 Å². The van der Waals surface area contributed by atoms with E-state index in [1.54, 1.807) is 6.07 Å². The minimum absolute atomic E-state index is 0.0182. The summed E-state index contributed by atoms with van der Waals surface area (Å²) in [6.45, 7) is 0. The molecular formula is C23H17F4N5O. The highest BCUT2D eigenvalue weighted by molar-refractivity contribution is 6.06. The Balaban J connectivity index is 1.78. The van der Waals surface area contributed by atoms with Gasteiger partial charge in [-0.25, -0.2) is 27.5 Å². The van der Waals surface area contributed by atoms with Crippen molar-refractivity contribution in [2.24, 2.45) is 0 Å². The Kier molecular flexibility index (Phi) is 6.05. The highest BCUT2D eigenvalue weighted by Crippen LogP contribution is 2.44. The Morgan fingerprint density at radius 1 is 1.06 bits per heavy atom. The molecule has 168 valence electrons. The van der Waals surface area contributed by atoms with Gasteiger partial charge in [-0.1, -0.05) is 0 Å². The van der Waals surface area contributed by atoms with Gasteiger partial charge >= 0.3 is 0 Å². The van der Waals surface area contributed by atoms with Crippen molar-refractivity contribution in [2.75, 3.05) is 5.32 Å². The Morgan fingerprint density at radius 3 is 2.42 bits per heavy atom. The van der Waals surface area contributed by atoms with Gasteiger partial charge in [0.05, 0.1) is 16.9 Å². The summed E-state index contributed by atoms with van der Waals surface area (Å²) < 4.78 is 55.9. The minimum atomic E-state index is -2.77. The molecule has 0 unspecified atom stereocenters. The molecule has 0 atom stereocenters. The van der Waals surface area contributed by atoms with E-state index in [-0.39, 0.29) is 53.9 Å². The molecule has 4 rings (SSSR count). The lowest BCUT2D eigenvalue weighted by atomic mass is 9.83. The Morgan fingerprint density at radius 2 is 1.76 bits per heavy atom. The molecule has 1 saturated carbocycles. The summed E-state index contributed by atoms with van der Waals surface area (Å²) in [7, 11) is 0. The Labute approximate surface area is 186 Å². The van der Waals surface area contributed by atoms with Crippen LogP contribution in [-0.2, 0) is 0 Å². The molecule has 1 aromatic carbocycles. The van der Waals surface area contributed by atoms with Crippen LogP contribution in [-0.4, -0.2) is 26.8 Å². The van der Waals surface area contributed by atoms with Crippen LogP contribution in [0.25, 0.3) is 11.1 Å². The van der Waals surface area contributed by atoms with Crippen LogP contribution in [0.5, 0.6) is 0 Å². The van der Waals surface area contributed by atoms with Crippen LogP contribution in [0.1, 0.15) is 53.5 Å². The van der Waals surface area contributed by atoms with Crippen LogP contribution >= 0.6 is 0 Å². The first kappa shape index (κ1) is 22.3. The SMILES string of the molecule is N#Cc1ncc(C(=O)Nc2c(-c3cc(F)ccc3F)ccnc2C2CCC(F)(F)CC2)cn1. The van der Waals surface area contributed by atoms with Gasteiger partial charge in [-0.2, -0.15) is 5.26 Å². The summed E-state index contributed by atoms with van der Waals surface area (Å²) in [5.74, 6) is -5.38. The Hall–Kier alpha value is -3.87. The number of anilines is 1. The number of carbonyl (C=O) groups is 1. The molecule has 1 fully saturated rings. The zero-order valence-corrected chi connectivity index (χ0v) is 17.2. The third kappa shape index (κ3) is 4.82. The number of nitrogens with zero attached hydrogens (tertiary/aromatic N) is 4. The number of hydrogen-bond donors (Lipinski definition) is 1. The predicted octanol–water partition coefficient (Wildman–Crippen LogP) is 5.23. The van der Waals surface area contributed by atoms with Gasteiger partial charge in [-0.15, -0.1) is 0 Å². The second kappa shape index (κ2) is 8.94. The van der Waals surface area contributed by atoms with Crippen LogP contribution < -0.4 is 5.32 Å². The summed E-state index contributed by atoms with van der Waals surface area (Å²) in [5.41, 5.74) is 0.495. The number of carbonyl (C=O) groups excluding carboxylic acids is 1. The molecule has 0 spiro atoms. The second-order valence-electron chi connectivity index (χ2n) is 7.73. The number of rotatable bonds is 4. The van der Waals surface area contributed by atoms with E-state index >= 15 is 0 Å². The zero-order valence-electron chi connectivity index (χ0n) is 17.2. The van der Waals surface area contributed by atoms with Crippen LogP contribution in [0.15, 0.2) is 42.9 Å². The molecule has 0 radical (unpaired) electrons. The van der Waals surface area contributed by atoms with Gasteiger partial charge in [0.25, 0.3) is 5.91 Å². The smallest absolute Gasteiger partial charge is 0.258 e. The summed E-state index contributed by atoms with van der Waals surface area (Å²) >= 11 is 0. The van der Waals surface area contributed by atoms with Gasteiger partial charge in [-0.3, -0.25) is 9.78 Å². The molecule has 10 heteroatoms. The predicted molar refractivity (Wildman–Crippen MR) is 110 cm³/mol. The molecule has 0 aliphatic heterocycles. The van der Waals surface area contributed by atoms with Gasteiger partial charge in [-0.05, 0) is 37.1 Å². The first-order valence-electron chi connectivity index (χ1n) is 10.1. The highest BCUT2D eigenvalue weighted by Gasteiger charge is 2.37. The number of halogens is 4. The van der Waals surface area contributed by atoms with Crippen molar-refractivity contribution in [3.05, 3.63) is 71.6 Å². The lowest BCUT2D eigenvalue weighted by Crippen LogP contribution is -2.25. The minimum Gasteiger partial charge on any atom is -0.320 e. The van der Waals surface area contributed by atoms with Crippen molar-refractivity contribution in [3.63, 3.8) is 0 Å². The fourth-order valence-corrected chi connectivity index (χ4v) is 3.85. The molecule has 1 aliphatic carbocycles. The van der Waals surface area contributed by atoms with Crippen molar-refractivity contribution in [1.82, 2.24) is 15.0 Å². The van der Waals surface area contributed by atoms with E-state index in [1.165, 1.54) is 12.3 Å². The van der Waals surface area contributed by atoms with E-state index in [4.69, 9.17) is 5.26 Å². The van der Waals surface area contributed by atoms with E-state index < -0.39 is 29.4 Å². The molecule has 2 aromatic heterocycles. The molecule has 0 saturated heterocycles. The fraction of sp³-hybridized carbons (Fsp3) is 0.261. The summed E-state index contributed by atoms with van der Waals surface area (Å²) in [5, 5.41) is 11.5. The maximum Gasteiger partial charge on any atom is 0.258 e. The zero-order chi connectivity index (χ0) is 23.6. The van der Waals surface area contributed by atoms with Crippen molar-refractivity contribution in [1.29, 1.82) is 5.26 Å². The van der Waals surface area contributed by atoms with Crippen molar-refractivity contribution < 1.29 is 22.4 Å². The standard InChI is InChI=1S/C23H17F4N5O/c24-15-1-2-18(25)17(9-15)16-5-8-29-20(13-3-6-23(26,27)7-4-13)21(16)32-22(33)14-11-30-19(10-28)31-12-14/h1-2,5,8-9,11-13H,3-4,6-7H2,(H,32,33). The molecule has 0 bridgehead atoms. The van der Waals surface area contributed by atoms with Crippen LogP contribution in [0.2, 0.25) is 0 Å². The summed E-state index contributed by atoms with van der Waals surface area (Å²) in [6, 6.07) is 6.08. The monoisotopic (exact) mass is 455 g/mol. The lowest BCUT2D eigenvalue weighted by molar-refractivity contribution is -0.0384. The quantitative estimate of drug-likeness (QED) is 0.544. The number of nitrogens with one attached hydrogen (secondary N) is 1. The fourth-order valence-electron chi connectivity index (χ4n) is 3.85. The van der Waals surface area contributed by atoms with Gasteiger partial charge in [0.15, 0.2) is 0 Å². The van der Waals surface area contributed by atoms with E-state index in [0.717, 1.165) is 30.6 Å². The third-order valence-corrected chi connectivity index (χ3v) is 5.56. The van der Waals surface area contributed by atoms with E-state index in [1.807, 2.05) is 0 Å². The first-order valence-corrected chi connectivity index (χ1v) is 10.1. The molecule has 1 N–H and O–H groups in total. The molecule has 33 heavy (non-hydrogen) atoms. The molecule has 1 aliphatic rings. The van der Waals surface area contributed by atoms with E-state index in [0.29, 0.717) is 5.69 Å². The van der Waals surface area contributed by atoms with Crippen molar-refractivity contribution >= 4 is 11.6 Å². The molecule has 1 amide bonds. The van der Waals surface area contributed by atoms with Gasteiger partial charge in [0.2, 0.25) is 11.7 Å². The first-order chi connectivity index (χ1) is 15.8. The van der Waals surface area contributed by atoms with Crippen LogP contribution in [0.4, 0.5) is 23.2 Å². The normalized spacial score (nSPS) is 15.6. The van der Waals surface area contributed by atoms with Gasteiger partial charge in [0, 0.05) is 48.5 Å². The maximum absolute atomic E-state index is 14.6. The van der Waals surface area contributed by atoms with E-state index in [2.05, 4.69) is 20.3 Å². The van der Waals surface area contributed by atoms with Crippen LogP contribution in [0.3, 0.4) is 0 Å².